The predicted octanol–water partition coefficient (Wildman–Crippen LogP) is 3.83. The van der Waals surface area contributed by atoms with Crippen LogP contribution < -0.4 is 10.6 Å². The summed E-state index contributed by atoms with van der Waals surface area (Å²) >= 11 is 0. The Morgan fingerprint density at radius 2 is 1.32 bits per heavy atom. The molecule has 0 radical (unpaired) electrons. The Morgan fingerprint density at radius 1 is 0.818 bits per heavy atom. The summed E-state index contributed by atoms with van der Waals surface area (Å²) in [4.78, 5) is 0. The molecule has 0 amide bonds. The Labute approximate surface area is 134 Å². The molecular formula is C19H28N2O. The number of rotatable bonds is 5. The molecule has 0 aliphatic carbocycles. The van der Waals surface area contributed by atoms with E-state index in [0.29, 0.717) is 6.04 Å². The molecular weight excluding hydrogens is 272 g/mol. The second-order valence-corrected chi connectivity index (χ2v) is 5.60. The Bertz CT molecular complexity index is 499. The normalized spacial score (nSPS) is 13.0. The molecule has 0 saturated carbocycles. The minimum absolute atomic E-state index is 0.0902. The molecule has 0 spiro atoms. The molecule has 3 N–H and O–H groups in total. The first-order valence-electron chi connectivity index (χ1n) is 7.76. The third-order valence-corrected chi connectivity index (χ3v) is 3.30. The lowest BCUT2D eigenvalue weighted by Crippen LogP contribution is -2.28. The number of hydrogen-bond acceptors (Lipinski definition) is 3. The number of nitrogens with one attached hydrogen (secondary N) is 2. The Morgan fingerprint density at radius 3 is 1.77 bits per heavy atom. The summed E-state index contributed by atoms with van der Waals surface area (Å²) in [5.41, 5.74) is 2.15. The molecule has 0 unspecified atom stereocenters. The smallest absolute Gasteiger partial charge is 0.0940 e. The van der Waals surface area contributed by atoms with Crippen LogP contribution in [0.2, 0.25) is 0 Å². The lowest BCUT2D eigenvalue weighted by atomic mass is 10.0. The minimum Gasteiger partial charge on any atom is -0.387 e. The number of aliphatic hydroxyl groups is 1. The maximum atomic E-state index is 9.73. The molecule has 2 aromatic rings. The molecule has 0 aliphatic heterocycles. The largest absolute Gasteiger partial charge is 0.387 e. The van der Waals surface area contributed by atoms with Crippen LogP contribution in [-0.4, -0.2) is 24.2 Å². The van der Waals surface area contributed by atoms with Crippen molar-refractivity contribution in [1.82, 2.24) is 5.32 Å². The summed E-state index contributed by atoms with van der Waals surface area (Å²) in [6.45, 7) is 6.22. The third-order valence-electron chi connectivity index (χ3n) is 3.30. The standard InChI is InChI=1S/C10H15NO.C9H13N/c1-8(11-2)10(12)9-6-4-3-5-7-9;1-8(2)10-9-6-4-3-5-7-9/h3-8,10-12H,1-2H3;3-8,10H,1-2H3/t8-,10+;/m1./s1. The van der Waals surface area contributed by atoms with Gasteiger partial charge in [0.1, 0.15) is 0 Å². The van der Waals surface area contributed by atoms with Crippen molar-refractivity contribution in [3.05, 3.63) is 66.2 Å². The minimum atomic E-state index is -0.420. The lowest BCUT2D eigenvalue weighted by molar-refractivity contribution is 0.140. The van der Waals surface area contributed by atoms with Gasteiger partial charge in [0, 0.05) is 17.8 Å². The number of benzene rings is 2. The molecule has 2 rings (SSSR count). The average molecular weight is 300 g/mol. The van der Waals surface area contributed by atoms with Gasteiger partial charge in [-0.2, -0.15) is 0 Å². The van der Waals surface area contributed by atoms with Crippen LogP contribution in [0, 0.1) is 0 Å². The van der Waals surface area contributed by atoms with Gasteiger partial charge in [0.15, 0.2) is 0 Å². The van der Waals surface area contributed by atoms with Crippen LogP contribution in [-0.2, 0) is 0 Å². The number of para-hydroxylation sites is 1. The monoisotopic (exact) mass is 300 g/mol. The molecule has 2 atom stereocenters. The first-order chi connectivity index (χ1) is 10.5. The zero-order chi connectivity index (χ0) is 16.4. The highest BCUT2D eigenvalue weighted by atomic mass is 16.3. The molecule has 0 aromatic heterocycles. The van der Waals surface area contributed by atoms with E-state index in [1.807, 2.05) is 62.5 Å². The number of aliphatic hydroxyl groups excluding tert-OH is 1. The van der Waals surface area contributed by atoms with Gasteiger partial charge in [0.25, 0.3) is 0 Å². The van der Waals surface area contributed by atoms with E-state index >= 15 is 0 Å². The summed E-state index contributed by atoms with van der Waals surface area (Å²) in [6, 6.07) is 20.5. The van der Waals surface area contributed by atoms with Gasteiger partial charge in [-0.05, 0) is 45.5 Å². The van der Waals surface area contributed by atoms with E-state index in [1.54, 1.807) is 0 Å². The van der Waals surface area contributed by atoms with E-state index in [9.17, 15) is 5.11 Å². The molecule has 22 heavy (non-hydrogen) atoms. The van der Waals surface area contributed by atoms with Crippen molar-refractivity contribution >= 4 is 5.69 Å². The summed E-state index contributed by atoms with van der Waals surface area (Å²) in [5.74, 6) is 0. The van der Waals surface area contributed by atoms with Gasteiger partial charge >= 0.3 is 0 Å². The molecule has 0 fully saturated rings. The molecule has 2 aromatic carbocycles. The van der Waals surface area contributed by atoms with Crippen LogP contribution in [0.5, 0.6) is 0 Å². The zero-order valence-electron chi connectivity index (χ0n) is 14.0. The summed E-state index contributed by atoms with van der Waals surface area (Å²) < 4.78 is 0. The van der Waals surface area contributed by atoms with Gasteiger partial charge in [-0.3, -0.25) is 0 Å². The Balaban J connectivity index is 0.000000224. The van der Waals surface area contributed by atoms with E-state index in [1.165, 1.54) is 5.69 Å². The maximum Gasteiger partial charge on any atom is 0.0940 e. The van der Waals surface area contributed by atoms with E-state index < -0.39 is 6.10 Å². The third kappa shape index (κ3) is 6.74. The fourth-order valence-corrected chi connectivity index (χ4v) is 1.96. The zero-order valence-corrected chi connectivity index (χ0v) is 14.0. The fourth-order valence-electron chi connectivity index (χ4n) is 1.96. The Hall–Kier alpha value is -1.84. The van der Waals surface area contributed by atoms with Gasteiger partial charge in [-0.25, -0.2) is 0 Å². The Kier molecular flexibility index (Phi) is 8.26. The van der Waals surface area contributed by atoms with Gasteiger partial charge < -0.3 is 15.7 Å². The second-order valence-electron chi connectivity index (χ2n) is 5.60. The van der Waals surface area contributed by atoms with Crippen LogP contribution in [0.4, 0.5) is 5.69 Å². The van der Waals surface area contributed by atoms with E-state index in [-0.39, 0.29) is 6.04 Å². The molecule has 0 bridgehead atoms. The van der Waals surface area contributed by atoms with E-state index in [4.69, 9.17) is 0 Å². The maximum absolute atomic E-state index is 9.73. The molecule has 3 nitrogen and oxygen atoms in total. The van der Waals surface area contributed by atoms with Crippen molar-refractivity contribution in [1.29, 1.82) is 0 Å². The van der Waals surface area contributed by atoms with E-state index in [0.717, 1.165) is 5.56 Å². The average Bonchev–Trinajstić information content (AvgIpc) is 2.55. The van der Waals surface area contributed by atoms with Crippen molar-refractivity contribution in [3.8, 4) is 0 Å². The highest BCUT2D eigenvalue weighted by molar-refractivity contribution is 5.42. The molecule has 3 heteroatoms. The van der Waals surface area contributed by atoms with Gasteiger partial charge in [-0.1, -0.05) is 48.5 Å². The molecule has 120 valence electrons. The van der Waals surface area contributed by atoms with Gasteiger partial charge in [0.2, 0.25) is 0 Å². The molecule has 0 aliphatic rings. The summed E-state index contributed by atoms with van der Waals surface area (Å²) in [5, 5.41) is 16.0. The van der Waals surface area contributed by atoms with Crippen molar-refractivity contribution in [2.45, 2.75) is 39.0 Å². The van der Waals surface area contributed by atoms with Crippen LogP contribution in [0.1, 0.15) is 32.4 Å². The number of hydrogen-bond donors (Lipinski definition) is 3. The summed E-state index contributed by atoms with van der Waals surface area (Å²) in [6.07, 6.45) is -0.420. The van der Waals surface area contributed by atoms with Crippen LogP contribution in [0.3, 0.4) is 0 Å². The topological polar surface area (TPSA) is 44.3 Å². The predicted molar refractivity (Wildman–Crippen MR) is 95.1 cm³/mol. The highest BCUT2D eigenvalue weighted by Gasteiger charge is 2.12. The van der Waals surface area contributed by atoms with E-state index in [2.05, 4.69) is 36.6 Å². The first-order valence-corrected chi connectivity index (χ1v) is 7.76. The molecule has 0 saturated heterocycles. The van der Waals surface area contributed by atoms with Crippen molar-refractivity contribution in [2.75, 3.05) is 12.4 Å². The van der Waals surface area contributed by atoms with Gasteiger partial charge in [-0.15, -0.1) is 0 Å². The second kappa shape index (κ2) is 9.98. The highest BCUT2D eigenvalue weighted by Crippen LogP contribution is 2.15. The fraction of sp³-hybridized carbons (Fsp3) is 0.368. The van der Waals surface area contributed by atoms with Crippen LogP contribution >= 0.6 is 0 Å². The number of likely N-dealkylation sites (N-methyl/N-ethyl adjacent to an activating group) is 1. The molecule has 0 heterocycles. The van der Waals surface area contributed by atoms with Crippen LogP contribution in [0.25, 0.3) is 0 Å². The van der Waals surface area contributed by atoms with Crippen molar-refractivity contribution < 1.29 is 5.11 Å². The van der Waals surface area contributed by atoms with Crippen molar-refractivity contribution in [3.63, 3.8) is 0 Å². The summed E-state index contributed by atoms with van der Waals surface area (Å²) in [7, 11) is 1.84. The quantitative estimate of drug-likeness (QED) is 0.786. The SMILES string of the molecule is CC(C)Nc1ccccc1.CN[C@H](C)[C@H](O)c1ccccc1. The van der Waals surface area contributed by atoms with Gasteiger partial charge in [0.05, 0.1) is 6.10 Å². The lowest BCUT2D eigenvalue weighted by Gasteiger charge is -2.17. The van der Waals surface area contributed by atoms with Crippen molar-refractivity contribution in [2.24, 2.45) is 0 Å². The van der Waals surface area contributed by atoms with Crippen LogP contribution in [0.15, 0.2) is 60.7 Å². The first kappa shape index (κ1) is 18.2. The number of anilines is 1.